The molecule has 1 aromatic rings. The number of furan rings is 1. The van der Waals surface area contributed by atoms with Gasteiger partial charge in [0.25, 0.3) is 0 Å². The zero-order valence-corrected chi connectivity index (χ0v) is 21.1. The monoisotopic (exact) mass is 470 g/mol. The van der Waals surface area contributed by atoms with E-state index in [1.165, 1.54) is 6.92 Å². The van der Waals surface area contributed by atoms with E-state index in [1.807, 2.05) is 12.1 Å². The van der Waals surface area contributed by atoms with Gasteiger partial charge in [0.1, 0.15) is 17.8 Å². The fourth-order valence-electron chi connectivity index (χ4n) is 9.97. The summed E-state index contributed by atoms with van der Waals surface area (Å²) in [5.41, 5.74) is -0.908. The fourth-order valence-corrected chi connectivity index (χ4v) is 9.97. The number of esters is 1. The molecule has 1 spiro atoms. The van der Waals surface area contributed by atoms with Crippen molar-refractivity contribution in [3.63, 3.8) is 0 Å². The van der Waals surface area contributed by atoms with E-state index in [2.05, 4.69) is 40.7 Å². The topological polar surface area (TPSA) is 92.4 Å². The van der Waals surface area contributed by atoms with E-state index in [-0.39, 0.29) is 52.2 Å². The summed E-state index contributed by atoms with van der Waals surface area (Å²) in [5.74, 6) is -0.0496. The van der Waals surface area contributed by atoms with Gasteiger partial charge in [0.15, 0.2) is 0 Å². The van der Waals surface area contributed by atoms with Crippen LogP contribution in [0.5, 0.6) is 0 Å². The molecule has 2 unspecified atom stereocenters. The first kappa shape index (κ1) is 22.8. The Kier molecular flexibility index (Phi) is 4.41. The van der Waals surface area contributed by atoms with Gasteiger partial charge in [-0.25, -0.2) is 0 Å². The molecule has 34 heavy (non-hydrogen) atoms. The molecular weight excluding hydrogens is 432 g/mol. The molecule has 5 aliphatic rings. The summed E-state index contributed by atoms with van der Waals surface area (Å²) in [6.07, 6.45) is 8.30. The van der Waals surface area contributed by atoms with Crippen molar-refractivity contribution < 1.29 is 28.9 Å². The van der Waals surface area contributed by atoms with Crippen LogP contribution in [0, 0.1) is 33.5 Å². The van der Waals surface area contributed by atoms with E-state index < -0.39 is 23.2 Å². The SMILES string of the molecule is CC(=O)O[C@@H]1C[C@H]2C(C)(C)C(O)C=C[C@]2(C)[C@H]2CC[C@@]3(C)[C@H](c4ccoc4)C(O)[C@H]4O[C@]43[C@@]21C. The summed E-state index contributed by atoms with van der Waals surface area (Å²) >= 11 is 0. The molecule has 2 N–H and O–H groups in total. The average molecular weight is 471 g/mol. The van der Waals surface area contributed by atoms with Gasteiger partial charge in [0.2, 0.25) is 0 Å². The summed E-state index contributed by atoms with van der Waals surface area (Å²) in [5, 5.41) is 22.4. The third-order valence-electron chi connectivity index (χ3n) is 11.4. The molecule has 3 saturated carbocycles. The molecular formula is C28H38O6. The number of fused-ring (bicyclic) bond motifs is 3. The number of carbonyl (C=O) groups excluding carboxylic acids is 1. The van der Waals surface area contributed by atoms with Crippen molar-refractivity contribution in [3.05, 3.63) is 36.3 Å². The smallest absolute Gasteiger partial charge is 0.302 e. The second kappa shape index (κ2) is 6.57. The third kappa shape index (κ3) is 2.32. The van der Waals surface area contributed by atoms with E-state index in [0.29, 0.717) is 6.42 Å². The summed E-state index contributed by atoms with van der Waals surface area (Å²) in [7, 11) is 0. The van der Waals surface area contributed by atoms with Gasteiger partial charge in [-0.1, -0.05) is 46.8 Å². The fraction of sp³-hybridized carbons (Fsp3) is 0.750. The lowest BCUT2D eigenvalue weighted by atomic mass is 9.36. The normalized spacial score (nSPS) is 54.4. The number of allylic oxidation sites excluding steroid dienone is 1. The lowest BCUT2D eigenvalue weighted by molar-refractivity contribution is -0.240. The molecule has 0 radical (unpaired) electrons. The highest BCUT2D eigenvalue weighted by molar-refractivity contribution is 5.66. The Morgan fingerprint density at radius 3 is 2.53 bits per heavy atom. The number of hydrogen-bond donors (Lipinski definition) is 2. The predicted molar refractivity (Wildman–Crippen MR) is 125 cm³/mol. The van der Waals surface area contributed by atoms with Crippen LogP contribution in [-0.4, -0.2) is 46.2 Å². The molecule has 2 heterocycles. The van der Waals surface area contributed by atoms with Crippen LogP contribution in [0.3, 0.4) is 0 Å². The highest BCUT2D eigenvalue weighted by Crippen LogP contribution is 2.82. The van der Waals surface area contributed by atoms with Crippen molar-refractivity contribution in [1.29, 1.82) is 0 Å². The van der Waals surface area contributed by atoms with Crippen molar-refractivity contribution in [2.45, 2.75) is 96.7 Å². The van der Waals surface area contributed by atoms with Gasteiger partial charge in [0.05, 0.1) is 24.7 Å². The zero-order valence-electron chi connectivity index (χ0n) is 21.1. The lowest BCUT2D eigenvalue weighted by Crippen LogP contribution is -2.70. The first-order chi connectivity index (χ1) is 15.9. The lowest BCUT2D eigenvalue weighted by Gasteiger charge is -2.68. The summed E-state index contributed by atoms with van der Waals surface area (Å²) in [6.45, 7) is 12.6. The molecule has 0 aromatic carbocycles. The third-order valence-corrected chi connectivity index (χ3v) is 11.4. The molecule has 6 heteroatoms. The Balaban J connectivity index is 1.53. The van der Waals surface area contributed by atoms with E-state index in [0.717, 1.165) is 18.4 Å². The second-order valence-electron chi connectivity index (χ2n) is 13.0. The van der Waals surface area contributed by atoms with E-state index in [9.17, 15) is 15.0 Å². The number of aliphatic hydroxyl groups excluding tert-OH is 2. The number of rotatable bonds is 2. The molecule has 0 bridgehead atoms. The van der Waals surface area contributed by atoms with Crippen LogP contribution in [-0.2, 0) is 14.3 Å². The van der Waals surface area contributed by atoms with Crippen LogP contribution >= 0.6 is 0 Å². The van der Waals surface area contributed by atoms with Gasteiger partial charge in [0, 0.05) is 23.7 Å². The molecule has 1 aromatic heterocycles. The van der Waals surface area contributed by atoms with Crippen LogP contribution in [0.25, 0.3) is 0 Å². The predicted octanol–water partition coefficient (Wildman–Crippen LogP) is 4.21. The summed E-state index contributed by atoms with van der Waals surface area (Å²) in [4.78, 5) is 12.4. The van der Waals surface area contributed by atoms with Crippen molar-refractivity contribution in [3.8, 4) is 0 Å². The van der Waals surface area contributed by atoms with Crippen molar-refractivity contribution in [2.75, 3.05) is 0 Å². The Morgan fingerprint density at radius 2 is 1.88 bits per heavy atom. The molecule has 4 fully saturated rings. The molecule has 11 atom stereocenters. The standard InChI is InChI=1S/C28H38O6/c1-15(29)33-20-13-18-24(2,3)19(30)8-10-25(18,4)17-7-11-26(5)21(16-9-12-32-14-16)22(31)23-28(26,34-23)27(17,20)6/h8-10,12,14,17-23,30-31H,7,11,13H2,1-6H3/t17-,18+,19?,20-,21-,22?,23-,25-,26+,27+,28-/m1/s1. The van der Waals surface area contributed by atoms with Gasteiger partial charge in [-0.05, 0) is 53.6 Å². The summed E-state index contributed by atoms with van der Waals surface area (Å²) in [6, 6.07) is 1.96. The Bertz CT molecular complexity index is 1050. The van der Waals surface area contributed by atoms with Crippen LogP contribution in [0.15, 0.2) is 35.2 Å². The minimum atomic E-state index is -0.637. The average Bonchev–Trinajstić information content (AvgIpc) is 3.24. The molecule has 1 saturated heterocycles. The Labute approximate surface area is 201 Å². The number of epoxide rings is 1. The maximum absolute atomic E-state index is 12.4. The maximum Gasteiger partial charge on any atom is 0.302 e. The Hall–Kier alpha value is -1.63. The minimum absolute atomic E-state index is 0.0913. The number of aliphatic hydroxyl groups is 2. The number of carbonyl (C=O) groups is 1. The highest BCUT2D eigenvalue weighted by Gasteiger charge is 2.89. The van der Waals surface area contributed by atoms with Gasteiger partial charge in [-0.2, -0.15) is 0 Å². The second-order valence-corrected chi connectivity index (χ2v) is 13.0. The van der Waals surface area contributed by atoms with Gasteiger partial charge >= 0.3 is 5.97 Å². The van der Waals surface area contributed by atoms with Crippen LogP contribution in [0.1, 0.15) is 72.3 Å². The van der Waals surface area contributed by atoms with Crippen molar-refractivity contribution in [2.24, 2.45) is 33.5 Å². The molecule has 6 nitrogen and oxygen atoms in total. The number of ether oxygens (including phenoxy) is 2. The zero-order chi connectivity index (χ0) is 24.5. The van der Waals surface area contributed by atoms with Crippen LogP contribution < -0.4 is 0 Å². The first-order valence-electron chi connectivity index (χ1n) is 12.8. The van der Waals surface area contributed by atoms with Crippen LogP contribution in [0.4, 0.5) is 0 Å². The van der Waals surface area contributed by atoms with Crippen molar-refractivity contribution >= 4 is 5.97 Å². The quantitative estimate of drug-likeness (QED) is 0.382. The van der Waals surface area contributed by atoms with Crippen molar-refractivity contribution in [1.82, 2.24) is 0 Å². The Morgan fingerprint density at radius 1 is 1.15 bits per heavy atom. The molecule has 6 rings (SSSR count). The number of hydrogen-bond acceptors (Lipinski definition) is 6. The molecule has 4 aliphatic carbocycles. The molecule has 0 amide bonds. The van der Waals surface area contributed by atoms with Gasteiger partial charge in [-0.15, -0.1) is 0 Å². The van der Waals surface area contributed by atoms with Gasteiger partial charge in [-0.3, -0.25) is 4.79 Å². The summed E-state index contributed by atoms with van der Waals surface area (Å²) < 4.78 is 18.2. The van der Waals surface area contributed by atoms with E-state index in [4.69, 9.17) is 13.9 Å². The van der Waals surface area contributed by atoms with Crippen LogP contribution in [0.2, 0.25) is 0 Å². The van der Waals surface area contributed by atoms with E-state index >= 15 is 0 Å². The molecule has 1 aliphatic heterocycles. The largest absolute Gasteiger partial charge is 0.472 e. The first-order valence-corrected chi connectivity index (χ1v) is 12.8. The molecule has 186 valence electrons. The highest BCUT2D eigenvalue weighted by atomic mass is 16.6. The maximum atomic E-state index is 12.4. The minimum Gasteiger partial charge on any atom is -0.472 e. The van der Waals surface area contributed by atoms with Gasteiger partial charge < -0.3 is 24.1 Å². The van der Waals surface area contributed by atoms with E-state index in [1.54, 1.807) is 12.5 Å².